The van der Waals surface area contributed by atoms with Crippen LogP contribution in [0.4, 0.5) is 0 Å². The summed E-state index contributed by atoms with van der Waals surface area (Å²) >= 11 is 6.60. The van der Waals surface area contributed by atoms with E-state index in [0.717, 1.165) is 22.3 Å². The lowest BCUT2D eigenvalue weighted by atomic mass is 10.1. The van der Waals surface area contributed by atoms with E-state index in [9.17, 15) is 4.79 Å². The predicted molar refractivity (Wildman–Crippen MR) is 124 cm³/mol. The molecule has 1 fully saturated rings. The van der Waals surface area contributed by atoms with Crippen LogP contribution in [0.2, 0.25) is 0 Å². The van der Waals surface area contributed by atoms with Crippen LogP contribution in [-0.2, 0) is 4.79 Å². The second-order valence-corrected chi connectivity index (χ2v) is 8.01. The number of amides is 1. The molecule has 0 N–H and O–H groups in total. The van der Waals surface area contributed by atoms with E-state index in [0.29, 0.717) is 9.23 Å². The van der Waals surface area contributed by atoms with Gasteiger partial charge in [-0.1, -0.05) is 84.6 Å². The maximum Gasteiger partial charge on any atom is 0.286 e. The molecule has 0 bridgehead atoms. The maximum atomic E-state index is 12.7. The van der Waals surface area contributed by atoms with Crippen molar-refractivity contribution in [3.05, 3.63) is 93.9 Å². The number of allylic oxidation sites excluding steroid dienone is 3. The van der Waals surface area contributed by atoms with Crippen molar-refractivity contribution in [1.29, 1.82) is 0 Å². The van der Waals surface area contributed by atoms with Gasteiger partial charge in [-0.25, -0.2) is 0 Å². The Morgan fingerprint density at radius 2 is 1.46 bits per heavy atom. The molecule has 5 heteroatoms. The van der Waals surface area contributed by atoms with E-state index in [-0.39, 0.29) is 5.91 Å². The van der Waals surface area contributed by atoms with Crippen molar-refractivity contribution in [3.63, 3.8) is 0 Å². The topological polar surface area (TPSA) is 32.7 Å². The van der Waals surface area contributed by atoms with Gasteiger partial charge in [0.2, 0.25) is 0 Å². The number of rotatable bonds is 5. The highest BCUT2D eigenvalue weighted by Crippen LogP contribution is 2.32. The molecule has 0 aromatic heterocycles. The highest BCUT2D eigenvalue weighted by Gasteiger charge is 2.31. The Bertz CT molecular complexity index is 990. The Hall–Kier alpha value is -2.76. The zero-order valence-electron chi connectivity index (χ0n) is 15.7. The van der Waals surface area contributed by atoms with E-state index in [1.807, 2.05) is 92.7 Å². The summed E-state index contributed by atoms with van der Waals surface area (Å²) in [7, 11) is 0. The van der Waals surface area contributed by atoms with Gasteiger partial charge in [-0.2, -0.15) is 10.1 Å². The molecule has 0 radical (unpaired) electrons. The molecule has 0 unspecified atom stereocenters. The maximum absolute atomic E-state index is 12.7. The quantitative estimate of drug-likeness (QED) is 0.352. The lowest BCUT2D eigenvalue weighted by molar-refractivity contribution is -0.122. The van der Waals surface area contributed by atoms with Crippen molar-refractivity contribution in [1.82, 2.24) is 5.01 Å². The first-order chi connectivity index (χ1) is 13.5. The number of hydrogen-bond donors (Lipinski definition) is 0. The van der Waals surface area contributed by atoms with Gasteiger partial charge in [0.1, 0.15) is 0 Å². The van der Waals surface area contributed by atoms with Gasteiger partial charge in [-0.3, -0.25) is 4.79 Å². The molecular weight excluding hydrogens is 384 g/mol. The minimum Gasteiger partial charge on any atom is -0.266 e. The zero-order chi connectivity index (χ0) is 19.9. The lowest BCUT2D eigenvalue weighted by Gasteiger charge is -2.06. The van der Waals surface area contributed by atoms with Gasteiger partial charge in [-0.05, 0) is 54.4 Å². The number of benzene rings is 2. The van der Waals surface area contributed by atoms with E-state index < -0.39 is 0 Å². The third-order valence-electron chi connectivity index (χ3n) is 3.90. The van der Waals surface area contributed by atoms with Crippen LogP contribution < -0.4 is 0 Å². The first-order valence-corrected chi connectivity index (χ1v) is 10.0. The van der Waals surface area contributed by atoms with Crippen molar-refractivity contribution in [2.75, 3.05) is 0 Å². The Morgan fingerprint density at radius 3 is 2.04 bits per heavy atom. The third-order valence-corrected chi connectivity index (χ3v) is 5.18. The number of carbonyl (C=O) groups excluding carboxylic acids is 1. The number of thiocarbonyl (C=S) groups is 1. The van der Waals surface area contributed by atoms with Crippen molar-refractivity contribution in [2.24, 2.45) is 5.10 Å². The summed E-state index contributed by atoms with van der Waals surface area (Å²) in [5.41, 5.74) is 4.09. The molecule has 0 spiro atoms. The fourth-order valence-electron chi connectivity index (χ4n) is 2.62. The molecule has 140 valence electrons. The molecular formula is C23H20N2OS2. The standard InChI is InChI=1S/C23H20N2OS2/c1-17(13-19-9-5-3-6-10-19)15-21-22(26)25(23(27)28-21)24-16-18(2)14-20-11-7-4-8-12-20/h3-16H,1-2H3/b17-13+,18-14+,21-15+,24-16+. The van der Waals surface area contributed by atoms with Crippen LogP contribution in [0.5, 0.6) is 0 Å². The van der Waals surface area contributed by atoms with Gasteiger partial charge in [0.15, 0.2) is 4.32 Å². The first kappa shape index (κ1) is 20.0. The molecule has 2 aromatic rings. The Morgan fingerprint density at radius 1 is 0.929 bits per heavy atom. The van der Waals surface area contributed by atoms with E-state index in [4.69, 9.17) is 12.2 Å². The van der Waals surface area contributed by atoms with Crippen LogP contribution in [0.3, 0.4) is 0 Å². The molecule has 3 nitrogen and oxygen atoms in total. The molecule has 3 rings (SSSR count). The molecule has 0 saturated carbocycles. The molecule has 1 aliphatic rings. The summed E-state index contributed by atoms with van der Waals surface area (Å²) in [6, 6.07) is 20.0. The summed E-state index contributed by atoms with van der Waals surface area (Å²) in [4.78, 5) is 13.2. The van der Waals surface area contributed by atoms with Gasteiger partial charge >= 0.3 is 0 Å². The highest BCUT2D eigenvalue weighted by atomic mass is 32.2. The second kappa shape index (κ2) is 9.44. The van der Waals surface area contributed by atoms with E-state index in [1.54, 1.807) is 6.21 Å². The van der Waals surface area contributed by atoms with Gasteiger partial charge in [-0.15, -0.1) is 0 Å². The molecule has 1 heterocycles. The van der Waals surface area contributed by atoms with Crippen LogP contribution >= 0.6 is 24.0 Å². The molecule has 2 aromatic carbocycles. The Kier molecular flexibility index (Phi) is 6.74. The number of hydrogen-bond acceptors (Lipinski definition) is 4. The third kappa shape index (κ3) is 5.38. The van der Waals surface area contributed by atoms with Crippen LogP contribution in [0.1, 0.15) is 25.0 Å². The summed E-state index contributed by atoms with van der Waals surface area (Å²) in [6.45, 7) is 3.91. The molecule has 1 amide bonds. The fourth-order valence-corrected chi connectivity index (χ4v) is 3.84. The van der Waals surface area contributed by atoms with Gasteiger partial charge in [0.05, 0.1) is 11.1 Å². The molecule has 1 saturated heterocycles. The number of thioether (sulfide) groups is 1. The number of carbonyl (C=O) groups is 1. The SMILES string of the molecule is CC(/C=N/N1C(=O)/C(=C\C(C)=C\c2ccccc2)SC1=S)=C\c1ccccc1. The van der Waals surface area contributed by atoms with E-state index in [2.05, 4.69) is 5.10 Å². The second-order valence-electron chi connectivity index (χ2n) is 6.34. The average Bonchev–Trinajstić information content (AvgIpc) is 2.94. The summed E-state index contributed by atoms with van der Waals surface area (Å²) in [6.07, 6.45) is 7.55. The summed E-state index contributed by atoms with van der Waals surface area (Å²) in [5.74, 6) is -0.195. The number of nitrogens with zero attached hydrogens (tertiary/aromatic N) is 2. The molecule has 0 aliphatic carbocycles. The van der Waals surface area contributed by atoms with E-state index >= 15 is 0 Å². The smallest absolute Gasteiger partial charge is 0.266 e. The van der Waals surface area contributed by atoms with Crippen molar-refractivity contribution in [3.8, 4) is 0 Å². The van der Waals surface area contributed by atoms with Crippen molar-refractivity contribution in [2.45, 2.75) is 13.8 Å². The Balaban J connectivity index is 1.73. The largest absolute Gasteiger partial charge is 0.286 e. The molecule has 1 aliphatic heterocycles. The number of hydrazone groups is 1. The molecule has 28 heavy (non-hydrogen) atoms. The molecule has 0 atom stereocenters. The first-order valence-electron chi connectivity index (χ1n) is 8.81. The van der Waals surface area contributed by atoms with Crippen LogP contribution in [-0.4, -0.2) is 21.5 Å². The Labute approximate surface area is 175 Å². The van der Waals surface area contributed by atoms with Gasteiger partial charge in [0.25, 0.3) is 5.91 Å². The van der Waals surface area contributed by atoms with Crippen molar-refractivity contribution < 1.29 is 4.79 Å². The van der Waals surface area contributed by atoms with Crippen molar-refractivity contribution >= 4 is 52.6 Å². The van der Waals surface area contributed by atoms with Gasteiger partial charge in [0, 0.05) is 0 Å². The lowest BCUT2D eigenvalue weighted by Crippen LogP contribution is -2.22. The summed E-state index contributed by atoms with van der Waals surface area (Å²) < 4.78 is 0.438. The highest BCUT2D eigenvalue weighted by molar-refractivity contribution is 8.26. The van der Waals surface area contributed by atoms with Gasteiger partial charge < -0.3 is 0 Å². The average molecular weight is 405 g/mol. The van der Waals surface area contributed by atoms with E-state index in [1.165, 1.54) is 16.8 Å². The zero-order valence-corrected chi connectivity index (χ0v) is 17.3. The predicted octanol–water partition coefficient (Wildman–Crippen LogP) is 5.92. The summed E-state index contributed by atoms with van der Waals surface area (Å²) in [5, 5.41) is 5.57. The minimum atomic E-state index is -0.195. The monoisotopic (exact) mass is 404 g/mol. The normalized spacial score (nSPS) is 17.2. The van der Waals surface area contributed by atoms with Crippen LogP contribution in [0.25, 0.3) is 12.2 Å². The van der Waals surface area contributed by atoms with Crippen LogP contribution in [0.15, 0.2) is 87.9 Å². The fraction of sp³-hybridized carbons (Fsp3) is 0.0870. The minimum absolute atomic E-state index is 0.195. The van der Waals surface area contributed by atoms with Crippen LogP contribution in [0, 0.1) is 0 Å².